The van der Waals surface area contributed by atoms with Crippen molar-refractivity contribution in [1.82, 2.24) is 0 Å². The predicted octanol–water partition coefficient (Wildman–Crippen LogP) is 3.31. The SMILES string of the molecule is COC(c1ccc(C)cc1)c1ccc(N)cc1. The fraction of sp³-hybridized carbons (Fsp3) is 0.200. The van der Waals surface area contributed by atoms with Crippen LogP contribution in [0.1, 0.15) is 22.8 Å². The highest BCUT2D eigenvalue weighted by Crippen LogP contribution is 2.26. The average molecular weight is 227 g/mol. The van der Waals surface area contributed by atoms with Crippen molar-refractivity contribution in [3.63, 3.8) is 0 Å². The molecule has 0 aliphatic rings. The molecule has 0 bridgehead atoms. The van der Waals surface area contributed by atoms with Crippen LogP contribution in [0.4, 0.5) is 5.69 Å². The summed E-state index contributed by atoms with van der Waals surface area (Å²) in [5.41, 5.74) is 9.98. The molecule has 17 heavy (non-hydrogen) atoms. The van der Waals surface area contributed by atoms with Gasteiger partial charge in [0.1, 0.15) is 6.10 Å². The minimum Gasteiger partial charge on any atom is -0.399 e. The number of nitrogen functional groups attached to an aromatic ring is 1. The molecule has 0 saturated heterocycles. The van der Waals surface area contributed by atoms with Crippen LogP contribution in [0.2, 0.25) is 0 Å². The van der Waals surface area contributed by atoms with E-state index in [1.807, 2.05) is 24.3 Å². The Bertz CT molecular complexity index is 428. The summed E-state index contributed by atoms with van der Waals surface area (Å²) in [5, 5.41) is 0. The minimum absolute atomic E-state index is 0.0313. The van der Waals surface area contributed by atoms with Gasteiger partial charge < -0.3 is 10.5 Å². The van der Waals surface area contributed by atoms with Gasteiger partial charge in [-0.15, -0.1) is 0 Å². The van der Waals surface area contributed by atoms with E-state index < -0.39 is 0 Å². The molecule has 0 aliphatic carbocycles. The van der Waals surface area contributed by atoms with Gasteiger partial charge in [0.15, 0.2) is 0 Å². The lowest BCUT2D eigenvalue weighted by molar-refractivity contribution is 0.136. The Morgan fingerprint density at radius 3 is 1.82 bits per heavy atom. The zero-order valence-corrected chi connectivity index (χ0v) is 10.2. The number of ether oxygens (including phenoxy) is 1. The molecule has 0 radical (unpaired) electrons. The van der Waals surface area contributed by atoms with E-state index in [9.17, 15) is 0 Å². The standard InChI is InChI=1S/C15H17NO/c1-11-3-5-12(6-4-11)15(17-2)13-7-9-14(16)10-8-13/h3-10,15H,16H2,1-2H3. The number of nitrogens with two attached hydrogens (primary N) is 1. The van der Waals surface area contributed by atoms with E-state index in [-0.39, 0.29) is 6.10 Å². The number of hydrogen-bond donors (Lipinski definition) is 1. The molecule has 2 aromatic carbocycles. The second-order valence-electron chi connectivity index (χ2n) is 4.19. The van der Waals surface area contributed by atoms with Crippen molar-refractivity contribution in [1.29, 1.82) is 0 Å². The Balaban J connectivity index is 2.33. The van der Waals surface area contributed by atoms with Gasteiger partial charge in [-0.25, -0.2) is 0 Å². The lowest BCUT2D eigenvalue weighted by Crippen LogP contribution is -2.03. The van der Waals surface area contributed by atoms with E-state index in [0.717, 1.165) is 16.8 Å². The summed E-state index contributed by atoms with van der Waals surface area (Å²) in [5.74, 6) is 0. The summed E-state index contributed by atoms with van der Waals surface area (Å²) < 4.78 is 5.56. The Morgan fingerprint density at radius 2 is 1.35 bits per heavy atom. The first-order valence-electron chi connectivity index (χ1n) is 5.65. The first-order valence-corrected chi connectivity index (χ1v) is 5.65. The maximum atomic E-state index is 5.69. The van der Waals surface area contributed by atoms with Gasteiger partial charge in [-0.3, -0.25) is 0 Å². The summed E-state index contributed by atoms with van der Waals surface area (Å²) in [6.07, 6.45) is -0.0313. The summed E-state index contributed by atoms with van der Waals surface area (Å²) in [6.45, 7) is 2.08. The number of methoxy groups -OCH3 is 1. The third-order valence-electron chi connectivity index (χ3n) is 2.86. The zero-order valence-electron chi connectivity index (χ0n) is 10.2. The van der Waals surface area contributed by atoms with Gasteiger partial charge in [0, 0.05) is 12.8 Å². The van der Waals surface area contributed by atoms with E-state index in [4.69, 9.17) is 10.5 Å². The Labute approximate surface area is 102 Å². The summed E-state index contributed by atoms with van der Waals surface area (Å²) in [6, 6.07) is 16.2. The molecule has 0 aromatic heterocycles. The quantitative estimate of drug-likeness (QED) is 0.816. The second-order valence-corrected chi connectivity index (χ2v) is 4.19. The van der Waals surface area contributed by atoms with Crippen LogP contribution in [0.3, 0.4) is 0 Å². The highest BCUT2D eigenvalue weighted by molar-refractivity contribution is 5.42. The molecule has 2 N–H and O–H groups in total. The second kappa shape index (κ2) is 5.02. The van der Waals surface area contributed by atoms with Crippen molar-refractivity contribution in [2.75, 3.05) is 12.8 Å². The molecule has 2 rings (SSSR count). The van der Waals surface area contributed by atoms with Gasteiger partial charge in [-0.05, 0) is 30.2 Å². The first kappa shape index (κ1) is 11.7. The molecule has 2 aromatic rings. The van der Waals surface area contributed by atoms with Crippen LogP contribution in [0.15, 0.2) is 48.5 Å². The van der Waals surface area contributed by atoms with Gasteiger partial charge in [-0.2, -0.15) is 0 Å². The van der Waals surface area contributed by atoms with Gasteiger partial charge in [0.25, 0.3) is 0 Å². The molecule has 88 valence electrons. The molecule has 1 unspecified atom stereocenters. The van der Waals surface area contributed by atoms with Crippen molar-refractivity contribution in [2.45, 2.75) is 13.0 Å². The van der Waals surface area contributed by atoms with E-state index in [2.05, 4.69) is 31.2 Å². The predicted molar refractivity (Wildman–Crippen MR) is 70.9 cm³/mol. The average Bonchev–Trinajstić information content (AvgIpc) is 2.35. The largest absolute Gasteiger partial charge is 0.399 e. The van der Waals surface area contributed by atoms with E-state index in [1.54, 1.807) is 7.11 Å². The number of hydrogen-bond acceptors (Lipinski definition) is 2. The van der Waals surface area contributed by atoms with Gasteiger partial charge in [0.05, 0.1) is 0 Å². The molecule has 0 aliphatic heterocycles. The smallest absolute Gasteiger partial charge is 0.107 e. The molecule has 2 heteroatoms. The molecular formula is C15H17NO. The lowest BCUT2D eigenvalue weighted by Gasteiger charge is -2.16. The molecule has 0 spiro atoms. The molecule has 0 heterocycles. The van der Waals surface area contributed by atoms with E-state index >= 15 is 0 Å². The normalized spacial score (nSPS) is 12.4. The molecule has 0 fully saturated rings. The lowest BCUT2D eigenvalue weighted by atomic mass is 10.0. The van der Waals surface area contributed by atoms with Crippen molar-refractivity contribution < 1.29 is 4.74 Å². The van der Waals surface area contributed by atoms with Crippen LogP contribution in [0, 0.1) is 6.92 Å². The monoisotopic (exact) mass is 227 g/mol. The molecule has 1 atom stereocenters. The number of anilines is 1. The van der Waals surface area contributed by atoms with Crippen molar-refractivity contribution >= 4 is 5.69 Å². The number of benzene rings is 2. The number of aryl methyl sites for hydroxylation is 1. The van der Waals surface area contributed by atoms with Crippen LogP contribution >= 0.6 is 0 Å². The summed E-state index contributed by atoms with van der Waals surface area (Å²) in [7, 11) is 1.72. The maximum Gasteiger partial charge on any atom is 0.107 e. The fourth-order valence-corrected chi connectivity index (χ4v) is 1.88. The van der Waals surface area contributed by atoms with Crippen molar-refractivity contribution in [3.05, 3.63) is 65.2 Å². The van der Waals surface area contributed by atoms with Crippen LogP contribution in [-0.4, -0.2) is 7.11 Å². The summed E-state index contributed by atoms with van der Waals surface area (Å²) >= 11 is 0. The van der Waals surface area contributed by atoms with Crippen molar-refractivity contribution in [2.24, 2.45) is 0 Å². The van der Waals surface area contributed by atoms with Crippen LogP contribution in [0.5, 0.6) is 0 Å². The highest BCUT2D eigenvalue weighted by Gasteiger charge is 2.12. The van der Waals surface area contributed by atoms with Gasteiger partial charge >= 0.3 is 0 Å². The Hall–Kier alpha value is -1.80. The fourth-order valence-electron chi connectivity index (χ4n) is 1.88. The Morgan fingerprint density at radius 1 is 0.882 bits per heavy atom. The highest BCUT2D eigenvalue weighted by atomic mass is 16.5. The first-order chi connectivity index (χ1) is 8.20. The molecule has 0 amide bonds. The summed E-state index contributed by atoms with van der Waals surface area (Å²) in [4.78, 5) is 0. The third kappa shape index (κ3) is 2.66. The van der Waals surface area contributed by atoms with Gasteiger partial charge in [0.2, 0.25) is 0 Å². The minimum atomic E-state index is -0.0313. The van der Waals surface area contributed by atoms with Crippen molar-refractivity contribution in [3.8, 4) is 0 Å². The zero-order chi connectivity index (χ0) is 12.3. The van der Waals surface area contributed by atoms with Crippen LogP contribution < -0.4 is 5.73 Å². The van der Waals surface area contributed by atoms with Gasteiger partial charge in [-0.1, -0.05) is 42.0 Å². The van der Waals surface area contributed by atoms with E-state index in [0.29, 0.717) is 0 Å². The molecule has 2 nitrogen and oxygen atoms in total. The van der Waals surface area contributed by atoms with E-state index in [1.165, 1.54) is 5.56 Å². The van der Waals surface area contributed by atoms with Crippen LogP contribution in [-0.2, 0) is 4.74 Å². The third-order valence-corrected chi connectivity index (χ3v) is 2.86. The molecule has 0 saturated carbocycles. The maximum absolute atomic E-state index is 5.69. The molecular weight excluding hydrogens is 210 g/mol. The topological polar surface area (TPSA) is 35.2 Å². The Kier molecular flexibility index (Phi) is 3.45. The number of rotatable bonds is 3. The van der Waals surface area contributed by atoms with Crippen LogP contribution in [0.25, 0.3) is 0 Å².